The molecular weight excluding hydrogens is 292 g/mol. The number of hydrogen-bond acceptors (Lipinski definition) is 4. The minimum absolute atomic E-state index is 0.0191. The van der Waals surface area contributed by atoms with Crippen molar-refractivity contribution in [1.82, 2.24) is 9.80 Å². The van der Waals surface area contributed by atoms with E-state index in [1.54, 1.807) is 11.8 Å². The van der Waals surface area contributed by atoms with Crippen molar-refractivity contribution in [3.05, 3.63) is 29.3 Å². The lowest BCUT2D eigenvalue weighted by Crippen LogP contribution is -2.53. The molecule has 1 aromatic rings. The molecule has 0 bridgehead atoms. The van der Waals surface area contributed by atoms with Crippen molar-refractivity contribution in [2.75, 3.05) is 38.0 Å². The van der Waals surface area contributed by atoms with Crippen LogP contribution in [0.1, 0.15) is 18.1 Å². The van der Waals surface area contributed by atoms with Gasteiger partial charge in [0.15, 0.2) is 0 Å². The number of nitrogens with two attached hydrogens (primary N) is 1. The van der Waals surface area contributed by atoms with Crippen LogP contribution >= 0.6 is 0 Å². The summed E-state index contributed by atoms with van der Waals surface area (Å²) in [5.41, 5.74) is 8.64. The van der Waals surface area contributed by atoms with Gasteiger partial charge in [0, 0.05) is 31.9 Å². The van der Waals surface area contributed by atoms with Gasteiger partial charge in [-0.3, -0.25) is 14.5 Å². The summed E-state index contributed by atoms with van der Waals surface area (Å²) >= 11 is 0. The summed E-state index contributed by atoms with van der Waals surface area (Å²) in [5, 5.41) is 3.00. The lowest BCUT2D eigenvalue weighted by molar-refractivity contribution is -0.134. The quantitative estimate of drug-likeness (QED) is 0.858. The van der Waals surface area contributed by atoms with Crippen LogP contribution in [0.15, 0.2) is 18.2 Å². The normalized spacial score (nSPS) is 17.0. The third-order valence-corrected chi connectivity index (χ3v) is 4.19. The SMILES string of the molecule is Cc1cccc(C)c1NC(=O)CN1CCN(C(=O)C(C)N)CC1. The highest BCUT2D eigenvalue weighted by molar-refractivity contribution is 5.93. The summed E-state index contributed by atoms with van der Waals surface area (Å²) in [6.07, 6.45) is 0. The van der Waals surface area contributed by atoms with Gasteiger partial charge in [0.05, 0.1) is 12.6 Å². The Labute approximate surface area is 137 Å². The molecule has 0 spiro atoms. The molecule has 1 saturated heterocycles. The van der Waals surface area contributed by atoms with Gasteiger partial charge in [0.2, 0.25) is 11.8 Å². The van der Waals surface area contributed by atoms with Crippen molar-refractivity contribution in [2.45, 2.75) is 26.8 Å². The van der Waals surface area contributed by atoms with Crippen LogP contribution in [0, 0.1) is 13.8 Å². The molecule has 6 heteroatoms. The van der Waals surface area contributed by atoms with Gasteiger partial charge < -0.3 is 16.0 Å². The molecule has 6 nitrogen and oxygen atoms in total. The molecule has 2 amide bonds. The van der Waals surface area contributed by atoms with Gasteiger partial charge in [-0.15, -0.1) is 0 Å². The van der Waals surface area contributed by atoms with Gasteiger partial charge in [0.1, 0.15) is 0 Å². The zero-order valence-electron chi connectivity index (χ0n) is 14.1. The number of piperazine rings is 1. The first-order valence-electron chi connectivity index (χ1n) is 8.01. The maximum Gasteiger partial charge on any atom is 0.239 e. The Hall–Kier alpha value is -1.92. The van der Waals surface area contributed by atoms with Crippen LogP contribution in [0.4, 0.5) is 5.69 Å². The fourth-order valence-electron chi connectivity index (χ4n) is 2.81. The predicted octanol–water partition coefficient (Wildman–Crippen LogP) is 0.733. The van der Waals surface area contributed by atoms with E-state index in [1.165, 1.54) is 0 Å². The lowest BCUT2D eigenvalue weighted by atomic mass is 10.1. The molecule has 0 radical (unpaired) electrons. The smallest absolute Gasteiger partial charge is 0.239 e. The molecule has 0 aliphatic carbocycles. The van der Waals surface area contributed by atoms with Crippen LogP contribution in [-0.4, -0.2) is 60.4 Å². The zero-order chi connectivity index (χ0) is 17.0. The van der Waals surface area contributed by atoms with E-state index in [2.05, 4.69) is 10.2 Å². The predicted molar refractivity (Wildman–Crippen MR) is 91.2 cm³/mol. The Morgan fingerprint density at radius 3 is 2.26 bits per heavy atom. The van der Waals surface area contributed by atoms with Crippen LogP contribution in [0.5, 0.6) is 0 Å². The first-order chi connectivity index (χ1) is 10.9. The summed E-state index contributed by atoms with van der Waals surface area (Å²) in [6, 6.07) is 5.49. The van der Waals surface area contributed by atoms with Gasteiger partial charge in [-0.05, 0) is 31.9 Å². The van der Waals surface area contributed by atoms with Gasteiger partial charge >= 0.3 is 0 Å². The van der Waals surface area contributed by atoms with E-state index in [0.717, 1.165) is 16.8 Å². The second-order valence-electron chi connectivity index (χ2n) is 6.21. The Kier molecular flexibility index (Phi) is 5.74. The number of benzene rings is 1. The van der Waals surface area contributed by atoms with Gasteiger partial charge in [-0.2, -0.15) is 0 Å². The van der Waals surface area contributed by atoms with E-state index in [1.807, 2.05) is 32.0 Å². The van der Waals surface area contributed by atoms with Crippen molar-refractivity contribution >= 4 is 17.5 Å². The minimum Gasteiger partial charge on any atom is -0.339 e. The number of carbonyl (C=O) groups excluding carboxylic acids is 2. The molecule has 1 unspecified atom stereocenters. The van der Waals surface area contributed by atoms with Gasteiger partial charge in [0.25, 0.3) is 0 Å². The number of rotatable bonds is 4. The molecule has 0 saturated carbocycles. The van der Waals surface area contributed by atoms with E-state index >= 15 is 0 Å². The average molecular weight is 318 g/mol. The first kappa shape index (κ1) is 17.4. The van der Waals surface area contributed by atoms with Gasteiger partial charge in [-0.25, -0.2) is 0 Å². The topological polar surface area (TPSA) is 78.7 Å². The highest BCUT2D eigenvalue weighted by Crippen LogP contribution is 2.19. The molecule has 1 aliphatic rings. The molecular formula is C17H26N4O2. The van der Waals surface area contributed by atoms with E-state index in [9.17, 15) is 9.59 Å². The van der Waals surface area contributed by atoms with Crippen LogP contribution in [0.3, 0.4) is 0 Å². The van der Waals surface area contributed by atoms with Crippen LogP contribution in [0.25, 0.3) is 0 Å². The summed E-state index contributed by atoms with van der Waals surface area (Å²) in [5.74, 6) is -0.0426. The molecule has 1 fully saturated rings. The highest BCUT2D eigenvalue weighted by atomic mass is 16.2. The van der Waals surface area contributed by atoms with Crippen LogP contribution in [-0.2, 0) is 9.59 Å². The number of amides is 2. The van der Waals surface area contributed by atoms with E-state index < -0.39 is 6.04 Å². The van der Waals surface area contributed by atoms with Crippen molar-refractivity contribution in [2.24, 2.45) is 5.73 Å². The average Bonchev–Trinajstić information content (AvgIpc) is 2.51. The summed E-state index contributed by atoms with van der Waals surface area (Å²) in [4.78, 5) is 27.9. The monoisotopic (exact) mass is 318 g/mol. The molecule has 126 valence electrons. The lowest BCUT2D eigenvalue weighted by Gasteiger charge is -2.35. The number of nitrogens with zero attached hydrogens (tertiary/aromatic N) is 2. The summed E-state index contributed by atoms with van der Waals surface area (Å²) in [6.45, 7) is 8.65. The van der Waals surface area contributed by atoms with Crippen molar-refractivity contribution in [1.29, 1.82) is 0 Å². The third kappa shape index (κ3) is 4.53. The first-order valence-corrected chi connectivity index (χ1v) is 8.01. The Morgan fingerprint density at radius 1 is 1.17 bits per heavy atom. The number of carbonyl (C=O) groups is 2. The molecule has 1 aromatic carbocycles. The molecule has 1 atom stereocenters. The summed E-state index contributed by atoms with van der Waals surface area (Å²) in [7, 11) is 0. The zero-order valence-corrected chi connectivity index (χ0v) is 14.1. The standard InChI is InChI=1S/C17H26N4O2/c1-12-5-4-6-13(2)16(12)19-15(22)11-20-7-9-21(10-8-20)17(23)14(3)18/h4-6,14H,7-11,18H2,1-3H3,(H,19,22). The summed E-state index contributed by atoms with van der Waals surface area (Å²) < 4.78 is 0. The minimum atomic E-state index is -0.464. The Bertz CT molecular complexity index is 558. The molecule has 1 heterocycles. The Morgan fingerprint density at radius 2 is 1.74 bits per heavy atom. The fourth-order valence-corrected chi connectivity index (χ4v) is 2.81. The maximum absolute atomic E-state index is 12.3. The Balaban J connectivity index is 1.85. The number of aryl methyl sites for hydroxylation is 2. The van der Waals surface area contributed by atoms with Crippen LogP contribution in [0.2, 0.25) is 0 Å². The second-order valence-corrected chi connectivity index (χ2v) is 6.21. The fraction of sp³-hybridized carbons (Fsp3) is 0.529. The molecule has 1 aliphatic heterocycles. The highest BCUT2D eigenvalue weighted by Gasteiger charge is 2.24. The number of para-hydroxylation sites is 1. The van der Waals surface area contributed by atoms with Crippen molar-refractivity contribution in [3.8, 4) is 0 Å². The van der Waals surface area contributed by atoms with Crippen molar-refractivity contribution in [3.63, 3.8) is 0 Å². The number of nitrogens with one attached hydrogen (secondary N) is 1. The maximum atomic E-state index is 12.3. The largest absolute Gasteiger partial charge is 0.339 e. The van der Waals surface area contributed by atoms with Gasteiger partial charge in [-0.1, -0.05) is 18.2 Å². The van der Waals surface area contributed by atoms with Crippen molar-refractivity contribution < 1.29 is 9.59 Å². The molecule has 0 aromatic heterocycles. The second kappa shape index (κ2) is 7.57. The van der Waals surface area contributed by atoms with Crippen LogP contribution < -0.4 is 11.1 Å². The van der Waals surface area contributed by atoms with E-state index in [4.69, 9.17) is 5.73 Å². The molecule has 3 N–H and O–H groups in total. The third-order valence-electron chi connectivity index (χ3n) is 4.19. The van der Waals surface area contributed by atoms with E-state index in [-0.39, 0.29) is 11.8 Å². The number of hydrogen-bond donors (Lipinski definition) is 2. The molecule has 2 rings (SSSR count). The molecule has 23 heavy (non-hydrogen) atoms. The number of anilines is 1. The van der Waals surface area contributed by atoms with E-state index in [0.29, 0.717) is 32.7 Å².